The molecule has 0 atom stereocenters. The summed E-state index contributed by atoms with van der Waals surface area (Å²) in [6.45, 7) is 3.93. The van der Waals surface area contributed by atoms with Crippen molar-refractivity contribution in [3.05, 3.63) is 24.3 Å². The number of halogens is 1. The quantitative estimate of drug-likeness (QED) is 0.724. The molecule has 0 aliphatic heterocycles. The molecular weight excluding hydrogens is 210 g/mol. The van der Waals surface area contributed by atoms with Gasteiger partial charge in [-0.15, -0.1) is 0 Å². The minimum Gasteiger partial charge on any atom is -0.423 e. The molecule has 2 rings (SSSR count). The second-order valence-electron chi connectivity index (χ2n) is 3.98. The van der Waals surface area contributed by atoms with Crippen molar-refractivity contribution >= 4 is 23.6 Å². The topological polar surface area (TPSA) is 58.3 Å². The van der Waals surface area contributed by atoms with Crippen LogP contribution in [0.4, 0.5) is 4.39 Å². The molecule has 1 heterocycles. The molecule has 0 amide bonds. The van der Waals surface area contributed by atoms with Crippen molar-refractivity contribution in [1.29, 1.82) is 0 Å². The van der Waals surface area contributed by atoms with E-state index in [9.17, 15) is 4.39 Å². The first-order chi connectivity index (χ1) is 7.50. The lowest BCUT2D eigenvalue weighted by Gasteiger charge is -2.08. The maximum absolute atomic E-state index is 13.5. The van der Waals surface area contributed by atoms with Gasteiger partial charge in [0.2, 0.25) is 0 Å². The Morgan fingerprint density at radius 2 is 2.06 bits per heavy atom. The molecule has 0 spiro atoms. The van der Waals surface area contributed by atoms with Crippen LogP contribution in [0.15, 0.2) is 18.5 Å². The van der Waals surface area contributed by atoms with Crippen LogP contribution < -0.4 is 5.46 Å². The Morgan fingerprint density at radius 1 is 1.38 bits per heavy atom. The number of aromatic nitrogens is 2. The van der Waals surface area contributed by atoms with Crippen molar-refractivity contribution < 1.29 is 14.4 Å². The van der Waals surface area contributed by atoms with Crippen molar-refractivity contribution in [1.82, 2.24) is 9.55 Å². The van der Waals surface area contributed by atoms with Crippen LogP contribution in [0.25, 0.3) is 11.0 Å². The fourth-order valence-electron chi connectivity index (χ4n) is 1.67. The Morgan fingerprint density at radius 3 is 2.62 bits per heavy atom. The highest BCUT2D eigenvalue weighted by molar-refractivity contribution is 6.59. The van der Waals surface area contributed by atoms with E-state index in [2.05, 4.69) is 4.98 Å². The number of hydrogen-bond donors (Lipinski definition) is 2. The Kier molecular flexibility index (Phi) is 2.69. The summed E-state index contributed by atoms with van der Waals surface area (Å²) in [6.07, 6.45) is 1.61. The number of fused-ring (bicyclic) bond motifs is 1. The number of hydrogen-bond acceptors (Lipinski definition) is 3. The van der Waals surface area contributed by atoms with Gasteiger partial charge in [0.1, 0.15) is 5.82 Å². The molecule has 0 bridgehead atoms. The molecule has 84 valence electrons. The monoisotopic (exact) mass is 222 g/mol. The third-order valence-corrected chi connectivity index (χ3v) is 2.53. The Bertz CT molecular complexity index is 525. The number of rotatable bonds is 2. The molecule has 0 saturated heterocycles. The van der Waals surface area contributed by atoms with Crippen LogP contribution in [-0.4, -0.2) is 26.7 Å². The van der Waals surface area contributed by atoms with Crippen molar-refractivity contribution in [2.75, 3.05) is 0 Å². The van der Waals surface area contributed by atoms with E-state index < -0.39 is 12.9 Å². The van der Waals surface area contributed by atoms with Crippen molar-refractivity contribution in [2.24, 2.45) is 0 Å². The Balaban J connectivity index is 2.66. The molecule has 0 saturated carbocycles. The highest BCUT2D eigenvalue weighted by Gasteiger charge is 2.19. The summed E-state index contributed by atoms with van der Waals surface area (Å²) in [5.74, 6) is -0.634. The predicted molar refractivity (Wildman–Crippen MR) is 59.9 cm³/mol. The van der Waals surface area contributed by atoms with Crippen LogP contribution >= 0.6 is 0 Å². The zero-order valence-electron chi connectivity index (χ0n) is 9.05. The minimum absolute atomic E-state index is 0.151. The van der Waals surface area contributed by atoms with Crippen LogP contribution in [0.1, 0.15) is 19.9 Å². The number of benzene rings is 1. The maximum Gasteiger partial charge on any atom is 0.491 e. The number of nitrogens with zero attached hydrogens (tertiary/aromatic N) is 2. The summed E-state index contributed by atoms with van der Waals surface area (Å²) in [7, 11) is -1.81. The van der Waals surface area contributed by atoms with Gasteiger partial charge < -0.3 is 14.6 Å². The standard InChI is InChI=1S/C10H12BFN2O2/c1-6(2)14-5-13-9-3-7(11(15)16)8(12)4-10(9)14/h3-6,15-16H,1-2H3. The van der Waals surface area contributed by atoms with Gasteiger partial charge in [-0.25, -0.2) is 9.37 Å². The van der Waals surface area contributed by atoms with Gasteiger partial charge in [-0.05, 0) is 26.0 Å². The second kappa shape index (κ2) is 3.88. The molecule has 0 unspecified atom stereocenters. The van der Waals surface area contributed by atoms with Gasteiger partial charge in [-0.3, -0.25) is 0 Å². The molecule has 1 aromatic heterocycles. The molecule has 1 aromatic carbocycles. The van der Waals surface area contributed by atoms with Gasteiger partial charge in [0.25, 0.3) is 0 Å². The van der Waals surface area contributed by atoms with E-state index in [4.69, 9.17) is 10.0 Å². The third-order valence-electron chi connectivity index (χ3n) is 2.53. The van der Waals surface area contributed by atoms with E-state index in [1.807, 2.05) is 18.4 Å². The fraction of sp³-hybridized carbons (Fsp3) is 0.300. The molecule has 0 aliphatic carbocycles. The van der Waals surface area contributed by atoms with Crippen molar-refractivity contribution in [3.8, 4) is 0 Å². The molecule has 2 N–H and O–H groups in total. The van der Waals surface area contributed by atoms with Crippen LogP contribution in [0, 0.1) is 5.82 Å². The van der Waals surface area contributed by atoms with Gasteiger partial charge in [0.05, 0.1) is 17.4 Å². The summed E-state index contributed by atoms with van der Waals surface area (Å²) in [6, 6.07) is 2.81. The second-order valence-corrected chi connectivity index (χ2v) is 3.98. The van der Waals surface area contributed by atoms with Crippen LogP contribution in [0.3, 0.4) is 0 Å². The van der Waals surface area contributed by atoms with Crippen molar-refractivity contribution in [2.45, 2.75) is 19.9 Å². The smallest absolute Gasteiger partial charge is 0.423 e. The fourth-order valence-corrected chi connectivity index (χ4v) is 1.67. The van der Waals surface area contributed by atoms with Crippen LogP contribution in [0.2, 0.25) is 0 Å². The summed E-state index contributed by atoms with van der Waals surface area (Å²) in [5, 5.41) is 17.9. The largest absolute Gasteiger partial charge is 0.491 e. The first kappa shape index (κ1) is 11.1. The van der Waals surface area contributed by atoms with Gasteiger partial charge >= 0.3 is 7.12 Å². The SMILES string of the molecule is CC(C)n1cnc2cc(B(O)O)c(F)cc21. The molecule has 0 fully saturated rings. The Labute approximate surface area is 92.5 Å². The zero-order chi connectivity index (χ0) is 11.9. The van der Waals surface area contributed by atoms with Gasteiger partial charge in [0, 0.05) is 11.5 Å². The first-order valence-corrected chi connectivity index (χ1v) is 5.03. The molecule has 16 heavy (non-hydrogen) atoms. The number of imidazole rings is 1. The van der Waals surface area contributed by atoms with E-state index in [-0.39, 0.29) is 11.5 Å². The van der Waals surface area contributed by atoms with E-state index in [1.54, 1.807) is 6.33 Å². The highest BCUT2D eigenvalue weighted by atomic mass is 19.1. The molecule has 6 heteroatoms. The molecule has 4 nitrogen and oxygen atoms in total. The lowest BCUT2D eigenvalue weighted by molar-refractivity contribution is 0.423. The minimum atomic E-state index is -1.81. The van der Waals surface area contributed by atoms with Gasteiger partial charge in [-0.2, -0.15) is 0 Å². The lowest BCUT2D eigenvalue weighted by Crippen LogP contribution is -2.32. The van der Waals surface area contributed by atoms with Crippen LogP contribution in [-0.2, 0) is 0 Å². The molecule has 2 aromatic rings. The molecule has 0 radical (unpaired) electrons. The first-order valence-electron chi connectivity index (χ1n) is 5.03. The highest BCUT2D eigenvalue weighted by Crippen LogP contribution is 2.17. The maximum atomic E-state index is 13.5. The van der Waals surface area contributed by atoms with Gasteiger partial charge in [0.15, 0.2) is 0 Å². The summed E-state index contributed by atoms with van der Waals surface area (Å²) >= 11 is 0. The van der Waals surface area contributed by atoms with E-state index >= 15 is 0 Å². The summed E-state index contributed by atoms with van der Waals surface area (Å²) < 4.78 is 15.4. The molecule has 0 aliphatic rings. The normalized spacial score (nSPS) is 11.4. The van der Waals surface area contributed by atoms with E-state index in [0.717, 1.165) is 0 Å². The molecular formula is C10H12BFN2O2. The van der Waals surface area contributed by atoms with E-state index in [0.29, 0.717) is 11.0 Å². The Hall–Kier alpha value is -1.40. The van der Waals surface area contributed by atoms with Crippen molar-refractivity contribution in [3.63, 3.8) is 0 Å². The lowest BCUT2D eigenvalue weighted by atomic mass is 9.79. The average Bonchev–Trinajstić information content (AvgIpc) is 2.58. The summed E-state index contributed by atoms with van der Waals surface area (Å²) in [5.41, 5.74) is 1.05. The zero-order valence-corrected chi connectivity index (χ0v) is 9.05. The van der Waals surface area contributed by atoms with E-state index in [1.165, 1.54) is 12.1 Å². The predicted octanol–water partition coefficient (Wildman–Crippen LogP) is 0.436. The van der Waals surface area contributed by atoms with Crippen LogP contribution in [0.5, 0.6) is 0 Å². The third kappa shape index (κ3) is 1.70. The summed E-state index contributed by atoms with van der Waals surface area (Å²) in [4.78, 5) is 4.10. The van der Waals surface area contributed by atoms with Gasteiger partial charge in [-0.1, -0.05) is 0 Å². The average molecular weight is 222 g/mol.